The van der Waals surface area contributed by atoms with Crippen molar-refractivity contribution in [1.82, 2.24) is 19.6 Å². The number of ether oxygens (including phenoxy) is 1. The van der Waals surface area contributed by atoms with Crippen molar-refractivity contribution >= 4 is 28.8 Å². The minimum atomic E-state index is -0.115. The SMILES string of the molecule is COc1cc(Cl)ccc1N1CCN(c2c(C)nc3nc(C)[nH]n3c2=O)CC1. The summed E-state index contributed by atoms with van der Waals surface area (Å²) in [5.41, 5.74) is 2.21. The highest BCUT2D eigenvalue weighted by Gasteiger charge is 2.24. The van der Waals surface area contributed by atoms with Crippen molar-refractivity contribution in [2.45, 2.75) is 13.8 Å². The monoisotopic (exact) mass is 388 g/mol. The first-order valence-corrected chi connectivity index (χ1v) is 9.15. The molecule has 0 saturated carbocycles. The van der Waals surface area contributed by atoms with Crippen molar-refractivity contribution in [1.29, 1.82) is 0 Å². The van der Waals surface area contributed by atoms with Gasteiger partial charge in [-0.25, -0.2) is 4.98 Å². The normalized spacial score (nSPS) is 14.8. The molecule has 1 saturated heterocycles. The molecule has 0 aliphatic carbocycles. The average molecular weight is 389 g/mol. The average Bonchev–Trinajstić information content (AvgIpc) is 3.02. The number of methoxy groups -OCH3 is 1. The van der Waals surface area contributed by atoms with Gasteiger partial charge in [-0.2, -0.15) is 9.50 Å². The van der Waals surface area contributed by atoms with Crippen LogP contribution in [0, 0.1) is 13.8 Å². The second-order valence-corrected chi connectivity index (χ2v) is 7.02. The minimum absolute atomic E-state index is 0.115. The molecule has 0 bridgehead atoms. The Bertz CT molecular complexity index is 1050. The largest absolute Gasteiger partial charge is 0.495 e. The van der Waals surface area contributed by atoms with Crippen LogP contribution in [0.3, 0.4) is 0 Å². The van der Waals surface area contributed by atoms with Crippen LogP contribution in [0.15, 0.2) is 23.0 Å². The first-order valence-electron chi connectivity index (χ1n) is 8.77. The van der Waals surface area contributed by atoms with Crippen molar-refractivity contribution in [2.75, 3.05) is 43.1 Å². The molecule has 0 atom stereocenters. The predicted molar refractivity (Wildman–Crippen MR) is 106 cm³/mol. The van der Waals surface area contributed by atoms with Gasteiger partial charge in [-0.1, -0.05) is 11.6 Å². The maximum absolute atomic E-state index is 12.9. The van der Waals surface area contributed by atoms with Gasteiger partial charge in [0.25, 0.3) is 11.3 Å². The molecule has 142 valence electrons. The highest BCUT2D eigenvalue weighted by molar-refractivity contribution is 6.30. The number of fused-ring (bicyclic) bond motifs is 1. The van der Waals surface area contributed by atoms with E-state index in [4.69, 9.17) is 16.3 Å². The van der Waals surface area contributed by atoms with E-state index in [9.17, 15) is 4.79 Å². The van der Waals surface area contributed by atoms with Crippen LogP contribution in [0.5, 0.6) is 5.75 Å². The number of benzene rings is 1. The van der Waals surface area contributed by atoms with Crippen LogP contribution in [0.1, 0.15) is 11.5 Å². The van der Waals surface area contributed by atoms with Gasteiger partial charge in [0.05, 0.1) is 18.5 Å². The van der Waals surface area contributed by atoms with Crippen LogP contribution >= 0.6 is 11.6 Å². The lowest BCUT2D eigenvalue weighted by Crippen LogP contribution is -2.48. The molecule has 1 aromatic carbocycles. The molecule has 8 nitrogen and oxygen atoms in total. The number of aromatic amines is 1. The van der Waals surface area contributed by atoms with Crippen LogP contribution in [0.25, 0.3) is 5.78 Å². The fourth-order valence-electron chi connectivity index (χ4n) is 3.56. The number of piperazine rings is 1. The molecule has 1 fully saturated rings. The van der Waals surface area contributed by atoms with Gasteiger partial charge in [0.2, 0.25) is 0 Å². The van der Waals surface area contributed by atoms with Crippen molar-refractivity contribution in [3.63, 3.8) is 0 Å². The van der Waals surface area contributed by atoms with E-state index in [1.807, 2.05) is 25.1 Å². The number of hydrogen-bond donors (Lipinski definition) is 1. The quantitative estimate of drug-likeness (QED) is 0.739. The van der Waals surface area contributed by atoms with Gasteiger partial charge >= 0.3 is 0 Å². The molecule has 1 N–H and O–H groups in total. The van der Waals surface area contributed by atoms with Gasteiger partial charge in [-0.15, -0.1) is 0 Å². The lowest BCUT2D eigenvalue weighted by molar-refractivity contribution is 0.413. The molecular formula is C18H21ClN6O2. The molecule has 27 heavy (non-hydrogen) atoms. The lowest BCUT2D eigenvalue weighted by Gasteiger charge is -2.37. The molecule has 1 aliphatic rings. The van der Waals surface area contributed by atoms with E-state index < -0.39 is 0 Å². The number of rotatable bonds is 3. The fourth-order valence-corrected chi connectivity index (χ4v) is 3.73. The molecule has 3 heterocycles. The third-order valence-electron chi connectivity index (χ3n) is 4.84. The maximum atomic E-state index is 12.9. The zero-order valence-corrected chi connectivity index (χ0v) is 16.2. The summed E-state index contributed by atoms with van der Waals surface area (Å²) in [7, 11) is 1.64. The summed E-state index contributed by atoms with van der Waals surface area (Å²) in [4.78, 5) is 26.0. The Hall–Kier alpha value is -2.74. The first kappa shape index (κ1) is 17.7. The number of H-pyrrole nitrogens is 1. The van der Waals surface area contributed by atoms with E-state index in [1.165, 1.54) is 4.52 Å². The molecule has 0 amide bonds. The minimum Gasteiger partial charge on any atom is -0.495 e. The van der Waals surface area contributed by atoms with Crippen molar-refractivity contribution in [3.8, 4) is 5.75 Å². The van der Waals surface area contributed by atoms with Gasteiger partial charge < -0.3 is 14.5 Å². The number of hydrogen-bond acceptors (Lipinski definition) is 6. The van der Waals surface area contributed by atoms with Crippen LogP contribution in [0.4, 0.5) is 11.4 Å². The first-order chi connectivity index (χ1) is 13.0. The molecule has 0 radical (unpaired) electrons. The molecule has 4 rings (SSSR count). The summed E-state index contributed by atoms with van der Waals surface area (Å²) < 4.78 is 6.87. The molecule has 0 spiro atoms. The molecule has 0 unspecified atom stereocenters. The van der Waals surface area contributed by atoms with Gasteiger partial charge in [-0.3, -0.25) is 9.89 Å². The Morgan fingerprint density at radius 1 is 1.11 bits per heavy atom. The number of nitrogens with one attached hydrogen (secondary N) is 1. The van der Waals surface area contributed by atoms with Gasteiger partial charge in [0, 0.05) is 37.3 Å². The highest BCUT2D eigenvalue weighted by Crippen LogP contribution is 2.32. The number of nitrogens with zero attached hydrogens (tertiary/aromatic N) is 5. The lowest BCUT2D eigenvalue weighted by atomic mass is 10.2. The topological polar surface area (TPSA) is 78.8 Å². The Morgan fingerprint density at radius 3 is 2.52 bits per heavy atom. The summed E-state index contributed by atoms with van der Waals surface area (Å²) >= 11 is 6.06. The molecule has 9 heteroatoms. The van der Waals surface area contributed by atoms with Crippen molar-refractivity contribution in [2.24, 2.45) is 0 Å². The van der Waals surface area contributed by atoms with Gasteiger partial charge in [0.1, 0.15) is 17.3 Å². The van der Waals surface area contributed by atoms with E-state index in [2.05, 4.69) is 24.9 Å². The van der Waals surface area contributed by atoms with E-state index in [-0.39, 0.29) is 5.56 Å². The Balaban J connectivity index is 1.60. The van der Waals surface area contributed by atoms with E-state index in [0.29, 0.717) is 41.1 Å². The number of anilines is 2. The Kier molecular flexibility index (Phi) is 4.43. The molecule has 3 aromatic rings. The molecule has 2 aromatic heterocycles. The zero-order chi connectivity index (χ0) is 19.1. The summed E-state index contributed by atoms with van der Waals surface area (Å²) in [5, 5.41) is 3.60. The standard InChI is InChI=1S/C18H21ClN6O2/c1-11-16(17(26)25-18(20-11)21-12(2)22-25)24-8-6-23(7-9-24)14-5-4-13(19)10-15(14)27-3/h4-5,10H,6-9H2,1-3H3,(H,20,21,22). The van der Waals surface area contributed by atoms with Gasteiger partial charge in [-0.05, 0) is 26.0 Å². The summed E-state index contributed by atoms with van der Waals surface area (Å²) in [5.74, 6) is 1.82. The van der Waals surface area contributed by atoms with E-state index in [0.717, 1.165) is 24.5 Å². The summed E-state index contributed by atoms with van der Waals surface area (Å²) in [6, 6.07) is 5.65. The highest BCUT2D eigenvalue weighted by atomic mass is 35.5. The fraction of sp³-hybridized carbons (Fsp3) is 0.389. The maximum Gasteiger partial charge on any atom is 0.297 e. The molecular weight excluding hydrogens is 368 g/mol. The third-order valence-corrected chi connectivity index (χ3v) is 5.07. The van der Waals surface area contributed by atoms with E-state index >= 15 is 0 Å². The summed E-state index contributed by atoms with van der Waals surface area (Å²) in [6.07, 6.45) is 0. The third kappa shape index (κ3) is 3.10. The van der Waals surface area contributed by atoms with E-state index in [1.54, 1.807) is 14.0 Å². The van der Waals surface area contributed by atoms with Crippen LogP contribution in [0.2, 0.25) is 5.02 Å². The predicted octanol–water partition coefficient (Wildman–Crippen LogP) is 2.02. The van der Waals surface area contributed by atoms with Crippen molar-refractivity contribution in [3.05, 3.63) is 45.1 Å². The Morgan fingerprint density at radius 2 is 1.81 bits per heavy atom. The second kappa shape index (κ2) is 6.77. The second-order valence-electron chi connectivity index (χ2n) is 6.59. The number of aryl methyl sites for hydroxylation is 2. The van der Waals surface area contributed by atoms with Crippen LogP contribution in [-0.2, 0) is 0 Å². The van der Waals surface area contributed by atoms with Crippen LogP contribution < -0.4 is 20.1 Å². The molecule has 1 aliphatic heterocycles. The van der Waals surface area contributed by atoms with Gasteiger partial charge in [0.15, 0.2) is 0 Å². The number of aromatic nitrogens is 4. The number of halogens is 1. The van der Waals surface area contributed by atoms with Crippen molar-refractivity contribution < 1.29 is 4.74 Å². The summed E-state index contributed by atoms with van der Waals surface area (Å²) in [6.45, 7) is 6.62. The zero-order valence-electron chi connectivity index (χ0n) is 15.5. The van der Waals surface area contributed by atoms with Crippen LogP contribution in [-0.4, -0.2) is 52.9 Å². The Labute approximate surface area is 161 Å². The smallest absolute Gasteiger partial charge is 0.297 e.